The van der Waals surface area contributed by atoms with E-state index < -0.39 is 12.6 Å². The van der Waals surface area contributed by atoms with Gasteiger partial charge in [0, 0.05) is 26.4 Å². The quantitative estimate of drug-likeness (QED) is 0.430. The standard InChI is InChI=1S/C16H24O7/c1-5-19-15(20-6-2)13-11(9-17)23-12(10-18)14(13)16(21-7-3)22-8-4/h9-10,15-16H,5-8H2,1-4H3. The largest absolute Gasteiger partial charge is 0.449 e. The summed E-state index contributed by atoms with van der Waals surface area (Å²) in [5.74, 6) is -0.0585. The van der Waals surface area contributed by atoms with Gasteiger partial charge < -0.3 is 23.4 Å². The maximum Gasteiger partial charge on any atom is 0.188 e. The van der Waals surface area contributed by atoms with Crippen LogP contribution in [0.25, 0.3) is 0 Å². The number of hydrogen-bond donors (Lipinski definition) is 0. The second-order valence-corrected chi connectivity index (χ2v) is 4.38. The number of rotatable bonds is 12. The van der Waals surface area contributed by atoms with Gasteiger partial charge in [-0.25, -0.2) is 0 Å². The Balaban J connectivity index is 3.46. The molecule has 0 saturated carbocycles. The van der Waals surface area contributed by atoms with Gasteiger partial charge in [0.1, 0.15) is 0 Å². The second kappa shape index (κ2) is 10.3. The fourth-order valence-corrected chi connectivity index (χ4v) is 2.19. The van der Waals surface area contributed by atoms with E-state index in [1.165, 1.54) is 0 Å². The van der Waals surface area contributed by atoms with Gasteiger partial charge in [0.2, 0.25) is 0 Å². The average Bonchev–Trinajstić information content (AvgIpc) is 2.92. The summed E-state index contributed by atoms with van der Waals surface area (Å²) in [4.78, 5) is 22.7. The van der Waals surface area contributed by atoms with Crippen LogP contribution in [0.15, 0.2) is 4.42 Å². The zero-order chi connectivity index (χ0) is 17.2. The molecule has 1 heterocycles. The van der Waals surface area contributed by atoms with Crippen molar-refractivity contribution in [2.24, 2.45) is 0 Å². The van der Waals surface area contributed by atoms with Crippen molar-refractivity contribution in [2.45, 2.75) is 40.3 Å². The van der Waals surface area contributed by atoms with Crippen LogP contribution in [0.1, 0.15) is 72.5 Å². The minimum atomic E-state index is -0.846. The van der Waals surface area contributed by atoms with Crippen molar-refractivity contribution >= 4 is 12.6 Å². The smallest absolute Gasteiger partial charge is 0.188 e. The molecule has 0 fully saturated rings. The van der Waals surface area contributed by atoms with E-state index in [1.807, 2.05) is 0 Å². The monoisotopic (exact) mass is 328 g/mol. The van der Waals surface area contributed by atoms with E-state index in [-0.39, 0.29) is 11.5 Å². The maximum atomic E-state index is 11.4. The van der Waals surface area contributed by atoms with Crippen LogP contribution in [-0.2, 0) is 18.9 Å². The van der Waals surface area contributed by atoms with Crippen LogP contribution < -0.4 is 0 Å². The normalized spacial score (nSPS) is 11.4. The molecule has 7 nitrogen and oxygen atoms in total. The third kappa shape index (κ3) is 4.71. The number of furan rings is 1. The highest BCUT2D eigenvalue weighted by atomic mass is 16.7. The predicted molar refractivity (Wildman–Crippen MR) is 81.5 cm³/mol. The van der Waals surface area contributed by atoms with Gasteiger partial charge in [-0.1, -0.05) is 0 Å². The van der Waals surface area contributed by atoms with Crippen LogP contribution in [0, 0.1) is 0 Å². The van der Waals surface area contributed by atoms with Crippen LogP contribution in [0.4, 0.5) is 0 Å². The molecule has 0 amide bonds. The molecule has 0 bridgehead atoms. The molecule has 0 unspecified atom stereocenters. The van der Waals surface area contributed by atoms with E-state index in [2.05, 4.69) is 0 Å². The Bertz CT molecular complexity index is 440. The van der Waals surface area contributed by atoms with Crippen molar-refractivity contribution in [3.05, 3.63) is 22.6 Å². The lowest BCUT2D eigenvalue weighted by atomic mass is 10.1. The van der Waals surface area contributed by atoms with Crippen LogP contribution in [-0.4, -0.2) is 39.0 Å². The van der Waals surface area contributed by atoms with Gasteiger partial charge in [0.15, 0.2) is 36.7 Å². The minimum absolute atomic E-state index is 0.0293. The molecule has 23 heavy (non-hydrogen) atoms. The van der Waals surface area contributed by atoms with Gasteiger partial charge in [-0.3, -0.25) is 9.59 Å². The minimum Gasteiger partial charge on any atom is -0.449 e. The summed E-state index contributed by atoms with van der Waals surface area (Å²) in [6.45, 7) is 8.64. The number of hydrogen-bond acceptors (Lipinski definition) is 7. The first kappa shape index (κ1) is 19.5. The molecule has 130 valence electrons. The molecule has 0 spiro atoms. The van der Waals surface area contributed by atoms with Gasteiger partial charge in [-0.2, -0.15) is 0 Å². The molecule has 0 N–H and O–H groups in total. The third-order valence-electron chi connectivity index (χ3n) is 3.00. The Kier molecular flexibility index (Phi) is 8.71. The van der Waals surface area contributed by atoms with Gasteiger partial charge in [-0.15, -0.1) is 0 Å². The Labute approximate surface area is 135 Å². The Morgan fingerprint density at radius 1 is 0.739 bits per heavy atom. The molecule has 0 aliphatic heterocycles. The highest BCUT2D eigenvalue weighted by molar-refractivity contribution is 5.81. The Morgan fingerprint density at radius 3 is 1.26 bits per heavy atom. The molecule has 1 aromatic heterocycles. The summed E-state index contributed by atoms with van der Waals surface area (Å²) in [7, 11) is 0. The number of ether oxygens (including phenoxy) is 4. The topological polar surface area (TPSA) is 84.2 Å². The van der Waals surface area contributed by atoms with Crippen molar-refractivity contribution in [2.75, 3.05) is 26.4 Å². The molecule has 1 rings (SSSR count). The van der Waals surface area contributed by atoms with Crippen LogP contribution >= 0.6 is 0 Å². The zero-order valence-corrected chi connectivity index (χ0v) is 14.0. The molecule has 0 radical (unpaired) electrons. The summed E-state index contributed by atoms with van der Waals surface area (Å²) in [5, 5.41) is 0. The first-order valence-corrected chi connectivity index (χ1v) is 7.71. The van der Waals surface area contributed by atoms with Crippen LogP contribution in [0.2, 0.25) is 0 Å². The fraction of sp³-hybridized carbons (Fsp3) is 0.625. The van der Waals surface area contributed by atoms with Crippen LogP contribution in [0.3, 0.4) is 0 Å². The Morgan fingerprint density at radius 2 is 1.04 bits per heavy atom. The van der Waals surface area contributed by atoms with E-state index in [4.69, 9.17) is 23.4 Å². The van der Waals surface area contributed by atoms with Gasteiger partial charge >= 0.3 is 0 Å². The van der Waals surface area contributed by atoms with Gasteiger partial charge in [-0.05, 0) is 27.7 Å². The molecule has 7 heteroatoms. The van der Waals surface area contributed by atoms with E-state index in [1.54, 1.807) is 27.7 Å². The van der Waals surface area contributed by atoms with Gasteiger partial charge in [0.25, 0.3) is 0 Å². The fourth-order valence-electron chi connectivity index (χ4n) is 2.19. The van der Waals surface area contributed by atoms with E-state index in [0.717, 1.165) is 0 Å². The molecule has 0 aliphatic rings. The lowest BCUT2D eigenvalue weighted by Crippen LogP contribution is -2.17. The highest BCUT2D eigenvalue weighted by Crippen LogP contribution is 2.36. The van der Waals surface area contributed by atoms with E-state index in [9.17, 15) is 9.59 Å². The average molecular weight is 328 g/mol. The summed E-state index contributed by atoms with van der Waals surface area (Å²) in [5.41, 5.74) is 0.662. The van der Waals surface area contributed by atoms with Crippen molar-refractivity contribution in [3.63, 3.8) is 0 Å². The summed E-state index contributed by atoms with van der Waals surface area (Å²) < 4.78 is 27.5. The van der Waals surface area contributed by atoms with Crippen molar-refractivity contribution < 1.29 is 33.0 Å². The predicted octanol–water partition coefficient (Wildman–Crippen LogP) is 3.05. The third-order valence-corrected chi connectivity index (χ3v) is 3.00. The molecule has 0 aromatic carbocycles. The molecular weight excluding hydrogens is 304 g/mol. The second-order valence-electron chi connectivity index (χ2n) is 4.38. The molecular formula is C16H24O7. The lowest BCUT2D eigenvalue weighted by molar-refractivity contribution is -0.156. The SMILES string of the molecule is CCOC(OCC)c1c(C=O)oc(C=O)c1C(OCC)OCC. The molecule has 0 aliphatic carbocycles. The Hall–Kier alpha value is -1.54. The van der Waals surface area contributed by atoms with Crippen molar-refractivity contribution in [1.82, 2.24) is 0 Å². The van der Waals surface area contributed by atoms with E-state index >= 15 is 0 Å². The first-order chi connectivity index (χ1) is 11.2. The summed E-state index contributed by atoms with van der Waals surface area (Å²) in [6.07, 6.45) is -0.653. The van der Waals surface area contributed by atoms with E-state index in [0.29, 0.717) is 50.1 Å². The number of carbonyl (C=O) groups excluding carboxylic acids is 2. The maximum absolute atomic E-state index is 11.4. The van der Waals surface area contributed by atoms with Crippen molar-refractivity contribution in [1.29, 1.82) is 0 Å². The first-order valence-electron chi connectivity index (χ1n) is 7.71. The van der Waals surface area contributed by atoms with Crippen molar-refractivity contribution in [3.8, 4) is 0 Å². The molecule has 1 aromatic rings. The summed E-state index contributed by atoms with van der Waals surface area (Å²) in [6, 6.07) is 0. The van der Waals surface area contributed by atoms with Crippen LogP contribution in [0.5, 0.6) is 0 Å². The summed E-state index contributed by atoms with van der Waals surface area (Å²) >= 11 is 0. The zero-order valence-electron chi connectivity index (χ0n) is 14.0. The number of aldehydes is 2. The molecule has 0 saturated heterocycles. The number of carbonyl (C=O) groups is 2. The highest BCUT2D eigenvalue weighted by Gasteiger charge is 2.33. The molecule has 0 atom stereocenters. The van der Waals surface area contributed by atoms with Gasteiger partial charge in [0.05, 0.1) is 11.1 Å². The lowest BCUT2D eigenvalue weighted by Gasteiger charge is -2.22.